The highest BCUT2D eigenvalue weighted by Gasteiger charge is 2.17. The van der Waals surface area contributed by atoms with Crippen LogP contribution in [0.3, 0.4) is 0 Å². The number of nitrogens with zero attached hydrogens (tertiary/aromatic N) is 2. The highest BCUT2D eigenvalue weighted by atomic mass is 14.8. The quantitative estimate of drug-likeness (QED) is 0.748. The lowest BCUT2D eigenvalue weighted by atomic mass is 9.94. The maximum atomic E-state index is 4.64. The Morgan fingerprint density at radius 1 is 1.06 bits per heavy atom. The van der Waals surface area contributed by atoms with E-state index < -0.39 is 0 Å². The molecule has 2 heteroatoms. The molecule has 0 radical (unpaired) electrons. The van der Waals surface area contributed by atoms with Crippen molar-refractivity contribution in [1.82, 2.24) is 4.98 Å². The van der Waals surface area contributed by atoms with Crippen LogP contribution in [0.5, 0.6) is 0 Å². The van der Waals surface area contributed by atoms with Gasteiger partial charge in [0.15, 0.2) is 0 Å². The summed E-state index contributed by atoms with van der Waals surface area (Å²) >= 11 is 0. The van der Waals surface area contributed by atoms with Crippen LogP contribution in [0.2, 0.25) is 0 Å². The van der Waals surface area contributed by atoms with Gasteiger partial charge >= 0.3 is 0 Å². The molecule has 2 rings (SSSR count). The van der Waals surface area contributed by atoms with Crippen LogP contribution in [0.15, 0.2) is 53.7 Å². The van der Waals surface area contributed by atoms with E-state index >= 15 is 0 Å². The van der Waals surface area contributed by atoms with Gasteiger partial charge in [-0.2, -0.15) is 0 Å². The predicted molar refractivity (Wildman–Crippen MR) is 76.0 cm³/mol. The zero-order valence-corrected chi connectivity index (χ0v) is 11.1. The molecular formula is C16H18N2. The first kappa shape index (κ1) is 12.5. The van der Waals surface area contributed by atoms with Crippen molar-refractivity contribution in [2.45, 2.75) is 26.3 Å². The molecule has 0 unspecified atom stereocenters. The number of rotatable bonds is 3. The van der Waals surface area contributed by atoms with Crippen LogP contribution in [-0.4, -0.2) is 11.2 Å². The number of benzene rings is 1. The van der Waals surface area contributed by atoms with Crippen molar-refractivity contribution < 1.29 is 0 Å². The molecule has 0 aliphatic carbocycles. The summed E-state index contributed by atoms with van der Waals surface area (Å²) in [7, 11) is 0. The summed E-state index contributed by atoms with van der Waals surface area (Å²) in [6, 6.07) is 14.3. The molecule has 1 heterocycles. The van der Waals surface area contributed by atoms with E-state index in [2.05, 4.69) is 55.0 Å². The van der Waals surface area contributed by atoms with Crippen molar-refractivity contribution in [3.8, 4) is 0 Å². The molecule has 18 heavy (non-hydrogen) atoms. The zero-order valence-electron chi connectivity index (χ0n) is 11.1. The van der Waals surface area contributed by atoms with Gasteiger partial charge < -0.3 is 0 Å². The molecule has 0 atom stereocenters. The Hall–Kier alpha value is -1.96. The summed E-state index contributed by atoms with van der Waals surface area (Å²) < 4.78 is 0. The molecular weight excluding hydrogens is 220 g/mol. The van der Waals surface area contributed by atoms with Crippen LogP contribution >= 0.6 is 0 Å². The maximum Gasteiger partial charge on any atom is 0.0808 e. The van der Waals surface area contributed by atoms with Gasteiger partial charge in [-0.25, -0.2) is 0 Å². The van der Waals surface area contributed by atoms with E-state index in [0.717, 1.165) is 5.69 Å². The van der Waals surface area contributed by atoms with Gasteiger partial charge in [-0.15, -0.1) is 0 Å². The Balaban J connectivity index is 2.21. The lowest BCUT2D eigenvalue weighted by Gasteiger charge is -2.20. The first-order valence-corrected chi connectivity index (χ1v) is 6.11. The summed E-state index contributed by atoms with van der Waals surface area (Å²) in [5, 5.41) is 0. The van der Waals surface area contributed by atoms with Gasteiger partial charge in [-0.3, -0.25) is 9.98 Å². The zero-order chi connectivity index (χ0) is 13.0. The Morgan fingerprint density at radius 2 is 1.78 bits per heavy atom. The average molecular weight is 238 g/mol. The minimum atomic E-state index is -0.231. The molecule has 0 saturated carbocycles. The third-order valence-electron chi connectivity index (χ3n) is 2.97. The fourth-order valence-electron chi connectivity index (χ4n) is 1.72. The van der Waals surface area contributed by atoms with Gasteiger partial charge in [0.05, 0.1) is 11.2 Å². The van der Waals surface area contributed by atoms with E-state index in [9.17, 15) is 0 Å². The highest BCUT2D eigenvalue weighted by molar-refractivity contribution is 5.77. The molecule has 1 aromatic heterocycles. The highest BCUT2D eigenvalue weighted by Crippen LogP contribution is 2.24. The van der Waals surface area contributed by atoms with Crippen LogP contribution < -0.4 is 0 Å². The standard InChI is InChI=1S/C16H18N2/c1-13-7-9-14(10-8-13)16(2,3)18-12-15-6-4-5-11-17-15/h4-12H,1-3H3. The lowest BCUT2D eigenvalue weighted by molar-refractivity contribution is 0.561. The van der Waals surface area contributed by atoms with Crippen LogP contribution in [0.1, 0.15) is 30.7 Å². The summed E-state index contributed by atoms with van der Waals surface area (Å²) in [6.07, 6.45) is 3.61. The van der Waals surface area contributed by atoms with Crippen LogP contribution in [0, 0.1) is 6.92 Å². The normalized spacial score (nSPS) is 11.9. The molecule has 0 bridgehead atoms. The molecule has 1 aromatic carbocycles. The molecule has 92 valence electrons. The molecule has 0 aliphatic heterocycles. The molecule has 0 amide bonds. The minimum Gasteiger partial charge on any atom is -0.280 e. The third kappa shape index (κ3) is 3.04. The number of aliphatic imine (C=N–C) groups is 1. The van der Waals surface area contributed by atoms with Crippen molar-refractivity contribution in [3.63, 3.8) is 0 Å². The van der Waals surface area contributed by atoms with E-state index in [-0.39, 0.29) is 5.54 Å². The Bertz CT molecular complexity index is 525. The fraction of sp³-hybridized carbons (Fsp3) is 0.250. The Labute approximate surface area is 108 Å². The first-order chi connectivity index (χ1) is 8.58. The number of hydrogen-bond acceptors (Lipinski definition) is 2. The van der Waals surface area contributed by atoms with Crippen molar-refractivity contribution in [3.05, 3.63) is 65.5 Å². The molecule has 0 saturated heterocycles. The van der Waals surface area contributed by atoms with E-state index in [1.54, 1.807) is 6.20 Å². The predicted octanol–water partition coefficient (Wildman–Crippen LogP) is 3.74. The van der Waals surface area contributed by atoms with Crippen LogP contribution in [0.25, 0.3) is 0 Å². The van der Waals surface area contributed by atoms with Crippen molar-refractivity contribution in [1.29, 1.82) is 0 Å². The summed E-state index contributed by atoms with van der Waals surface area (Å²) in [4.78, 5) is 8.88. The van der Waals surface area contributed by atoms with Crippen LogP contribution in [-0.2, 0) is 5.54 Å². The van der Waals surface area contributed by atoms with Gasteiger partial charge in [0.1, 0.15) is 0 Å². The van der Waals surface area contributed by atoms with E-state index in [1.165, 1.54) is 11.1 Å². The molecule has 0 N–H and O–H groups in total. The second-order valence-electron chi connectivity index (χ2n) is 4.94. The average Bonchev–Trinajstić information content (AvgIpc) is 2.38. The lowest BCUT2D eigenvalue weighted by Crippen LogP contribution is -2.14. The molecule has 0 fully saturated rings. The molecule has 0 spiro atoms. The van der Waals surface area contributed by atoms with E-state index in [1.807, 2.05) is 24.4 Å². The minimum absolute atomic E-state index is 0.231. The summed E-state index contributed by atoms with van der Waals surface area (Å²) in [5.41, 5.74) is 3.13. The largest absolute Gasteiger partial charge is 0.280 e. The van der Waals surface area contributed by atoms with Gasteiger partial charge in [0.2, 0.25) is 0 Å². The summed E-state index contributed by atoms with van der Waals surface area (Å²) in [5.74, 6) is 0. The van der Waals surface area contributed by atoms with Gasteiger partial charge in [0.25, 0.3) is 0 Å². The number of hydrogen-bond donors (Lipinski definition) is 0. The van der Waals surface area contributed by atoms with Gasteiger partial charge in [0, 0.05) is 12.4 Å². The third-order valence-corrected chi connectivity index (χ3v) is 2.97. The smallest absolute Gasteiger partial charge is 0.0808 e. The van der Waals surface area contributed by atoms with Gasteiger partial charge in [-0.05, 0) is 38.5 Å². The molecule has 2 aromatic rings. The number of aromatic nitrogens is 1. The first-order valence-electron chi connectivity index (χ1n) is 6.11. The second-order valence-corrected chi connectivity index (χ2v) is 4.94. The maximum absolute atomic E-state index is 4.64. The summed E-state index contributed by atoms with van der Waals surface area (Å²) in [6.45, 7) is 6.31. The Kier molecular flexibility index (Phi) is 3.56. The van der Waals surface area contributed by atoms with E-state index in [4.69, 9.17) is 0 Å². The van der Waals surface area contributed by atoms with Gasteiger partial charge in [-0.1, -0.05) is 35.9 Å². The van der Waals surface area contributed by atoms with Crippen molar-refractivity contribution in [2.24, 2.45) is 4.99 Å². The monoisotopic (exact) mass is 238 g/mol. The topological polar surface area (TPSA) is 25.2 Å². The fourth-order valence-corrected chi connectivity index (χ4v) is 1.72. The van der Waals surface area contributed by atoms with Crippen molar-refractivity contribution in [2.75, 3.05) is 0 Å². The Morgan fingerprint density at radius 3 is 2.39 bits per heavy atom. The SMILES string of the molecule is Cc1ccc(C(C)(C)N=Cc2ccccn2)cc1. The second kappa shape index (κ2) is 5.13. The molecule has 0 aliphatic rings. The number of pyridine rings is 1. The molecule has 2 nitrogen and oxygen atoms in total. The van der Waals surface area contributed by atoms with Crippen LogP contribution in [0.4, 0.5) is 0 Å². The number of aryl methyl sites for hydroxylation is 1. The van der Waals surface area contributed by atoms with Crippen molar-refractivity contribution >= 4 is 6.21 Å². The van der Waals surface area contributed by atoms with E-state index in [0.29, 0.717) is 0 Å².